The molecule has 1 N–H and O–H groups in total. The fourth-order valence-electron chi connectivity index (χ4n) is 1.28. The first kappa shape index (κ1) is 6.87. The maximum Gasteiger partial charge on any atom is 0.0460 e. The van der Waals surface area contributed by atoms with Crippen LogP contribution in [0.4, 0.5) is 0 Å². The third-order valence-electron chi connectivity index (χ3n) is 1.86. The molecule has 0 spiro atoms. The SMILES string of the molecule is CPc1c[nH]c2ccccc12. The molecule has 2 rings (SSSR count). The fourth-order valence-corrected chi connectivity index (χ4v) is 1.98. The summed E-state index contributed by atoms with van der Waals surface area (Å²) >= 11 is 0. The number of nitrogens with one attached hydrogen (secondary N) is 1. The van der Waals surface area contributed by atoms with Crippen molar-refractivity contribution < 1.29 is 0 Å². The Morgan fingerprint density at radius 2 is 2.09 bits per heavy atom. The number of rotatable bonds is 1. The molecule has 0 aliphatic carbocycles. The maximum absolute atomic E-state index is 3.25. The second-order valence-electron chi connectivity index (χ2n) is 2.50. The molecule has 0 radical (unpaired) electrons. The van der Waals surface area contributed by atoms with E-state index in [1.54, 1.807) is 0 Å². The molecule has 1 unspecified atom stereocenters. The lowest BCUT2D eigenvalue weighted by molar-refractivity contribution is 1.49. The maximum atomic E-state index is 3.25. The first-order valence-electron chi connectivity index (χ1n) is 3.65. The monoisotopic (exact) mass is 163 g/mol. The van der Waals surface area contributed by atoms with E-state index in [4.69, 9.17) is 0 Å². The Morgan fingerprint density at radius 3 is 2.91 bits per heavy atom. The number of H-pyrrole nitrogens is 1. The second kappa shape index (κ2) is 2.67. The summed E-state index contributed by atoms with van der Waals surface area (Å²) < 4.78 is 0. The van der Waals surface area contributed by atoms with Gasteiger partial charge in [0.25, 0.3) is 0 Å². The minimum absolute atomic E-state index is 0.877. The summed E-state index contributed by atoms with van der Waals surface area (Å²) in [7, 11) is 0.877. The standard InChI is InChI=1S/C9H10NP/c1-11-9-6-10-8-5-3-2-4-7(8)9/h2-6,10-11H,1H3. The van der Waals surface area contributed by atoms with Gasteiger partial charge < -0.3 is 4.98 Å². The highest BCUT2D eigenvalue weighted by Crippen LogP contribution is 2.15. The van der Waals surface area contributed by atoms with Crippen LogP contribution in [-0.4, -0.2) is 11.6 Å². The highest BCUT2D eigenvalue weighted by atomic mass is 31.1. The molecule has 56 valence electrons. The molecule has 0 saturated heterocycles. The molecule has 1 aromatic heterocycles. The first-order valence-corrected chi connectivity index (χ1v) is 5.15. The number of para-hydroxylation sites is 1. The van der Waals surface area contributed by atoms with Gasteiger partial charge in [-0.2, -0.15) is 0 Å². The molecule has 0 saturated carbocycles. The Morgan fingerprint density at radius 1 is 1.27 bits per heavy atom. The van der Waals surface area contributed by atoms with Gasteiger partial charge in [-0.25, -0.2) is 0 Å². The van der Waals surface area contributed by atoms with Gasteiger partial charge in [-0.1, -0.05) is 26.8 Å². The van der Waals surface area contributed by atoms with Gasteiger partial charge in [-0.05, 0) is 18.0 Å². The second-order valence-corrected chi connectivity index (χ2v) is 3.54. The van der Waals surface area contributed by atoms with Crippen molar-refractivity contribution in [2.75, 3.05) is 6.66 Å². The van der Waals surface area contributed by atoms with Gasteiger partial charge in [0.2, 0.25) is 0 Å². The summed E-state index contributed by atoms with van der Waals surface area (Å²) in [4.78, 5) is 3.25. The third-order valence-corrected chi connectivity index (χ3v) is 2.81. The van der Waals surface area contributed by atoms with Gasteiger partial charge in [-0.15, -0.1) is 0 Å². The van der Waals surface area contributed by atoms with Crippen LogP contribution in [-0.2, 0) is 0 Å². The summed E-state index contributed by atoms with van der Waals surface area (Å²) in [6.45, 7) is 2.20. The van der Waals surface area contributed by atoms with Crippen molar-refractivity contribution in [3.8, 4) is 0 Å². The molecule has 2 heteroatoms. The van der Waals surface area contributed by atoms with E-state index in [0.717, 1.165) is 8.58 Å². The molecule has 2 aromatic rings. The molecular weight excluding hydrogens is 153 g/mol. The van der Waals surface area contributed by atoms with Crippen LogP contribution in [0.15, 0.2) is 30.5 Å². The van der Waals surface area contributed by atoms with Gasteiger partial charge in [0.1, 0.15) is 0 Å². The Labute approximate surface area is 67.6 Å². The predicted molar refractivity (Wildman–Crippen MR) is 52.2 cm³/mol. The summed E-state index contributed by atoms with van der Waals surface area (Å²) in [6.07, 6.45) is 2.10. The van der Waals surface area contributed by atoms with Crippen LogP contribution in [0.5, 0.6) is 0 Å². The molecule has 1 nitrogen and oxygen atoms in total. The zero-order valence-electron chi connectivity index (χ0n) is 6.39. The van der Waals surface area contributed by atoms with Gasteiger partial charge in [0.05, 0.1) is 0 Å². The molecule has 1 aromatic carbocycles. The molecule has 1 atom stereocenters. The zero-order chi connectivity index (χ0) is 7.68. The van der Waals surface area contributed by atoms with E-state index in [0.29, 0.717) is 0 Å². The topological polar surface area (TPSA) is 15.8 Å². The minimum Gasteiger partial charge on any atom is -0.361 e. The summed E-state index contributed by atoms with van der Waals surface area (Å²) in [5, 5.41) is 2.80. The van der Waals surface area contributed by atoms with Crippen LogP contribution in [0.1, 0.15) is 0 Å². The summed E-state index contributed by atoms with van der Waals surface area (Å²) in [5.41, 5.74) is 1.25. The van der Waals surface area contributed by atoms with Crippen molar-refractivity contribution in [3.05, 3.63) is 30.5 Å². The lowest BCUT2D eigenvalue weighted by atomic mass is 10.2. The summed E-state index contributed by atoms with van der Waals surface area (Å²) in [6, 6.07) is 8.41. The Balaban J connectivity index is 2.76. The number of aromatic amines is 1. The zero-order valence-corrected chi connectivity index (χ0v) is 7.39. The van der Waals surface area contributed by atoms with Crippen molar-refractivity contribution in [2.24, 2.45) is 0 Å². The van der Waals surface area contributed by atoms with Crippen molar-refractivity contribution in [2.45, 2.75) is 0 Å². The van der Waals surface area contributed by atoms with E-state index in [-0.39, 0.29) is 0 Å². The predicted octanol–water partition coefficient (Wildman–Crippen LogP) is 2.10. The summed E-state index contributed by atoms with van der Waals surface area (Å²) in [5.74, 6) is 0. The van der Waals surface area contributed by atoms with Crippen LogP contribution in [0, 0.1) is 0 Å². The van der Waals surface area contributed by atoms with Crippen LogP contribution in [0.2, 0.25) is 0 Å². The van der Waals surface area contributed by atoms with Gasteiger partial charge in [0, 0.05) is 17.1 Å². The third kappa shape index (κ3) is 1.06. The van der Waals surface area contributed by atoms with E-state index >= 15 is 0 Å². The van der Waals surface area contributed by atoms with Crippen molar-refractivity contribution in [1.29, 1.82) is 0 Å². The lowest BCUT2D eigenvalue weighted by Crippen LogP contribution is -1.86. The van der Waals surface area contributed by atoms with Gasteiger partial charge in [0.15, 0.2) is 0 Å². The number of benzene rings is 1. The minimum atomic E-state index is 0.877. The molecule has 0 aliphatic heterocycles. The quantitative estimate of drug-likeness (QED) is 0.619. The van der Waals surface area contributed by atoms with Crippen molar-refractivity contribution in [1.82, 2.24) is 4.98 Å². The van der Waals surface area contributed by atoms with E-state index in [9.17, 15) is 0 Å². The molecular formula is C9H10NP. The van der Waals surface area contributed by atoms with Crippen molar-refractivity contribution in [3.63, 3.8) is 0 Å². The van der Waals surface area contributed by atoms with E-state index in [1.807, 2.05) is 0 Å². The molecule has 0 amide bonds. The number of hydrogen-bond acceptors (Lipinski definition) is 0. The Bertz CT molecular complexity index is 364. The highest BCUT2D eigenvalue weighted by Gasteiger charge is 1.97. The molecule has 0 aliphatic rings. The molecule has 0 bridgehead atoms. The number of aromatic nitrogens is 1. The molecule has 1 heterocycles. The normalized spacial score (nSPS) is 11.7. The largest absolute Gasteiger partial charge is 0.361 e. The first-order chi connectivity index (χ1) is 5.42. The Kier molecular flexibility index (Phi) is 1.67. The smallest absolute Gasteiger partial charge is 0.0460 e. The lowest BCUT2D eigenvalue weighted by Gasteiger charge is -1.90. The van der Waals surface area contributed by atoms with Crippen LogP contribution >= 0.6 is 8.58 Å². The average Bonchev–Trinajstić information content (AvgIpc) is 2.47. The van der Waals surface area contributed by atoms with E-state index in [2.05, 4.69) is 42.1 Å². The molecule has 11 heavy (non-hydrogen) atoms. The van der Waals surface area contributed by atoms with Gasteiger partial charge in [-0.3, -0.25) is 0 Å². The Hall–Kier alpha value is -0.810. The number of hydrogen-bond donors (Lipinski definition) is 1. The highest BCUT2D eigenvalue weighted by molar-refractivity contribution is 7.47. The average molecular weight is 163 g/mol. The number of fused-ring (bicyclic) bond motifs is 1. The van der Waals surface area contributed by atoms with Crippen LogP contribution < -0.4 is 5.30 Å². The van der Waals surface area contributed by atoms with Crippen LogP contribution in [0.25, 0.3) is 10.9 Å². The van der Waals surface area contributed by atoms with Gasteiger partial charge >= 0.3 is 0 Å². The van der Waals surface area contributed by atoms with E-state index in [1.165, 1.54) is 16.2 Å². The fraction of sp³-hybridized carbons (Fsp3) is 0.111. The van der Waals surface area contributed by atoms with E-state index < -0.39 is 0 Å². The molecule has 0 fully saturated rings. The van der Waals surface area contributed by atoms with Crippen molar-refractivity contribution >= 4 is 24.8 Å². The van der Waals surface area contributed by atoms with Crippen LogP contribution in [0.3, 0.4) is 0 Å².